The molecule has 1 rings (SSSR count). The summed E-state index contributed by atoms with van der Waals surface area (Å²) in [7, 11) is 2.07. The first-order chi connectivity index (χ1) is 6.97. The summed E-state index contributed by atoms with van der Waals surface area (Å²) in [5.74, 6) is 0.881. The van der Waals surface area contributed by atoms with E-state index >= 15 is 0 Å². The van der Waals surface area contributed by atoms with Gasteiger partial charge in [-0.05, 0) is 37.8 Å². The van der Waals surface area contributed by atoms with Crippen LogP contribution in [0.2, 0.25) is 0 Å². The Labute approximate surface area is 95.4 Å². The second-order valence-corrected chi connectivity index (χ2v) is 6.01. The lowest BCUT2D eigenvalue weighted by Gasteiger charge is -2.28. The van der Waals surface area contributed by atoms with Gasteiger partial charge < -0.3 is 10.2 Å². The Kier molecular flexibility index (Phi) is 4.60. The van der Waals surface area contributed by atoms with Gasteiger partial charge in [0.1, 0.15) is 0 Å². The predicted molar refractivity (Wildman–Crippen MR) is 67.1 cm³/mol. The van der Waals surface area contributed by atoms with Crippen LogP contribution in [0.25, 0.3) is 0 Å². The molecule has 15 heavy (non-hydrogen) atoms. The summed E-state index contributed by atoms with van der Waals surface area (Å²) < 4.78 is 0. The molecule has 0 amide bonds. The van der Waals surface area contributed by atoms with Crippen LogP contribution in [0.1, 0.15) is 40.5 Å². The standard InChI is InChI=1S/C13H28N2/c1-6-12(14-5)10-15-8-7-11(9-15)13(2,3)4/h11-12,14H,6-10H2,1-5H3. The molecule has 2 unspecified atom stereocenters. The molecule has 2 atom stereocenters. The molecular formula is C13H28N2. The van der Waals surface area contributed by atoms with Crippen LogP contribution in [0.15, 0.2) is 0 Å². The molecule has 1 heterocycles. The van der Waals surface area contributed by atoms with Gasteiger partial charge in [-0.3, -0.25) is 0 Å². The molecule has 0 aliphatic carbocycles. The first-order valence-corrected chi connectivity index (χ1v) is 6.37. The molecule has 1 saturated heterocycles. The molecule has 0 radical (unpaired) electrons. The monoisotopic (exact) mass is 212 g/mol. The predicted octanol–water partition coefficient (Wildman–Crippen LogP) is 2.35. The average molecular weight is 212 g/mol. The number of rotatable bonds is 4. The van der Waals surface area contributed by atoms with Crippen molar-refractivity contribution in [2.24, 2.45) is 11.3 Å². The minimum atomic E-state index is 0.482. The molecule has 90 valence electrons. The van der Waals surface area contributed by atoms with Crippen molar-refractivity contribution in [1.29, 1.82) is 0 Å². The van der Waals surface area contributed by atoms with Gasteiger partial charge in [0, 0.05) is 19.1 Å². The summed E-state index contributed by atoms with van der Waals surface area (Å²) >= 11 is 0. The third-order valence-electron chi connectivity index (χ3n) is 3.88. The topological polar surface area (TPSA) is 15.3 Å². The van der Waals surface area contributed by atoms with Crippen LogP contribution < -0.4 is 5.32 Å². The van der Waals surface area contributed by atoms with Gasteiger partial charge in [0.25, 0.3) is 0 Å². The molecule has 0 aromatic heterocycles. The molecule has 1 aliphatic heterocycles. The van der Waals surface area contributed by atoms with Crippen LogP contribution >= 0.6 is 0 Å². The summed E-state index contributed by atoms with van der Waals surface area (Å²) in [6, 6.07) is 0.670. The number of hydrogen-bond acceptors (Lipinski definition) is 2. The fraction of sp³-hybridized carbons (Fsp3) is 1.00. The zero-order valence-electron chi connectivity index (χ0n) is 11.1. The van der Waals surface area contributed by atoms with Gasteiger partial charge in [0.2, 0.25) is 0 Å². The third-order valence-corrected chi connectivity index (χ3v) is 3.88. The molecule has 0 bridgehead atoms. The van der Waals surface area contributed by atoms with Gasteiger partial charge in [-0.15, -0.1) is 0 Å². The fourth-order valence-corrected chi connectivity index (χ4v) is 2.44. The maximum Gasteiger partial charge on any atom is 0.0189 e. The van der Waals surface area contributed by atoms with Crippen molar-refractivity contribution in [2.75, 3.05) is 26.7 Å². The molecule has 2 nitrogen and oxygen atoms in total. The van der Waals surface area contributed by atoms with Crippen LogP contribution in [-0.4, -0.2) is 37.6 Å². The minimum absolute atomic E-state index is 0.482. The van der Waals surface area contributed by atoms with Crippen molar-refractivity contribution in [2.45, 2.75) is 46.6 Å². The maximum atomic E-state index is 3.39. The van der Waals surface area contributed by atoms with Crippen molar-refractivity contribution in [3.05, 3.63) is 0 Å². The largest absolute Gasteiger partial charge is 0.316 e. The van der Waals surface area contributed by atoms with E-state index in [1.807, 2.05) is 0 Å². The van der Waals surface area contributed by atoms with E-state index in [1.54, 1.807) is 0 Å². The Morgan fingerprint density at radius 2 is 2.07 bits per heavy atom. The highest BCUT2D eigenvalue weighted by molar-refractivity contribution is 4.85. The van der Waals surface area contributed by atoms with Crippen molar-refractivity contribution >= 4 is 0 Å². The lowest BCUT2D eigenvalue weighted by atomic mass is 9.80. The van der Waals surface area contributed by atoms with Gasteiger partial charge >= 0.3 is 0 Å². The minimum Gasteiger partial charge on any atom is -0.316 e. The van der Waals surface area contributed by atoms with Crippen molar-refractivity contribution < 1.29 is 0 Å². The van der Waals surface area contributed by atoms with Gasteiger partial charge in [-0.2, -0.15) is 0 Å². The Morgan fingerprint density at radius 3 is 2.47 bits per heavy atom. The van der Waals surface area contributed by atoms with Crippen LogP contribution in [-0.2, 0) is 0 Å². The Morgan fingerprint density at radius 1 is 1.40 bits per heavy atom. The van der Waals surface area contributed by atoms with E-state index in [2.05, 4.69) is 45.0 Å². The van der Waals surface area contributed by atoms with Crippen LogP contribution in [0.5, 0.6) is 0 Å². The first-order valence-electron chi connectivity index (χ1n) is 6.37. The quantitative estimate of drug-likeness (QED) is 0.769. The van der Waals surface area contributed by atoms with E-state index in [1.165, 1.54) is 32.5 Å². The highest BCUT2D eigenvalue weighted by Crippen LogP contribution is 2.33. The van der Waals surface area contributed by atoms with E-state index in [9.17, 15) is 0 Å². The number of nitrogens with one attached hydrogen (secondary N) is 1. The summed E-state index contributed by atoms with van der Waals surface area (Å²) in [6.45, 7) is 13.2. The van der Waals surface area contributed by atoms with E-state index in [-0.39, 0.29) is 0 Å². The van der Waals surface area contributed by atoms with Crippen molar-refractivity contribution in [1.82, 2.24) is 10.2 Å². The average Bonchev–Trinajstić information content (AvgIpc) is 2.61. The highest BCUT2D eigenvalue weighted by Gasteiger charge is 2.31. The van der Waals surface area contributed by atoms with Gasteiger partial charge in [-0.25, -0.2) is 0 Å². The molecule has 1 N–H and O–H groups in total. The Bertz CT molecular complexity index is 179. The smallest absolute Gasteiger partial charge is 0.0189 e. The summed E-state index contributed by atoms with van der Waals surface area (Å²) in [4.78, 5) is 2.63. The number of hydrogen-bond donors (Lipinski definition) is 1. The molecule has 0 saturated carbocycles. The summed E-state index contributed by atoms with van der Waals surface area (Å²) in [6.07, 6.45) is 2.61. The molecule has 0 aromatic carbocycles. The molecule has 1 fully saturated rings. The second-order valence-electron chi connectivity index (χ2n) is 6.01. The molecular weight excluding hydrogens is 184 g/mol. The maximum absolute atomic E-state index is 3.39. The van der Waals surface area contributed by atoms with Crippen LogP contribution in [0.3, 0.4) is 0 Å². The number of nitrogens with zero attached hydrogens (tertiary/aromatic N) is 1. The highest BCUT2D eigenvalue weighted by atomic mass is 15.2. The lowest BCUT2D eigenvalue weighted by Crippen LogP contribution is -2.38. The first kappa shape index (κ1) is 13.0. The summed E-state index contributed by atoms with van der Waals surface area (Å²) in [5, 5.41) is 3.39. The zero-order chi connectivity index (χ0) is 11.5. The van der Waals surface area contributed by atoms with Gasteiger partial charge in [0.15, 0.2) is 0 Å². The third kappa shape index (κ3) is 3.76. The molecule has 0 spiro atoms. The van der Waals surface area contributed by atoms with Crippen LogP contribution in [0.4, 0.5) is 0 Å². The SMILES string of the molecule is CCC(CN1CCC(C(C)(C)C)C1)NC. The zero-order valence-corrected chi connectivity index (χ0v) is 11.1. The normalized spacial score (nSPS) is 25.8. The summed E-state index contributed by atoms with van der Waals surface area (Å²) in [5.41, 5.74) is 0.482. The fourth-order valence-electron chi connectivity index (χ4n) is 2.44. The Hall–Kier alpha value is -0.0800. The number of likely N-dealkylation sites (tertiary alicyclic amines) is 1. The lowest BCUT2D eigenvalue weighted by molar-refractivity contribution is 0.219. The second kappa shape index (κ2) is 5.31. The molecule has 0 aromatic rings. The number of likely N-dealkylation sites (N-methyl/N-ethyl adjacent to an activating group) is 1. The van der Waals surface area contributed by atoms with E-state index < -0.39 is 0 Å². The van der Waals surface area contributed by atoms with E-state index in [0.29, 0.717) is 11.5 Å². The van der Waals surface area contributed by atoms with E-state index in [4.69, 9.17) is 0 Å². The van der Waals surface area contributed by atoms with Crippen molar-refractivity contribution in [3.8, 4) is 0 Å². The van der Waals surface area contributed by atoms with E-state index in [0.717, 1.165) is 5.92 Å². The molecule has 1 aliphatic rings. The van der Waals surface area contributed by atoms with Crippen molar-refractivity contribution in [3.63, 3.8) is 0 Å². The van der Waals surface area contributed by atoms with Crippen LogP contribution in [0, 0.1) is 11.3 Å². The van der Waals surface area contributed by atoms with Gasteiger partial charge in [-0.1, -0.05) is 27.7 Å². The Balaban J connectivity index is 2.36. The molecule has 2 heteroatoms. The van der Waals surface area contributed by atoms with Gasteiger partial charge in [0.05, 0.1) is 0 Å².